The SMILES string of the molecule is COC(C)CC(NN)C1CCC(C)C(C)C1. The zero-order valence-corrected chi connectivity index (χ0v) is 11.2. The van der Waals surface area contributed by atoms with Crippen LogP contribution in [-0.2, 0) is 4.74 Å². The second kappa shape index (κ2) is 6.58. The molecule has 1 saturated carbocycles. The van der Waals surface area contributed by atoms with Gasteiger partial charge in [0.05, 0.1) is 6.10 Å². The number of nitrogens with one attached hydrogen (secondary N) is 1. The molecule has 96 valence electrons. The van der Waals surface area contributed by atoms with Crippen LogP contribution in [0.25, 0.3) is 0 Å². The molecule has 1 rings (SSSR count). The summed E-state index contributed by atoms with van der Waals surface area (Å²) in [4.78, 5) is 0. The molecule has 5 unspecified atom stereocenters. The first-order valence-electron chi connectivity index (χ1n) is 6.57. The first-order valence-corrected chi connectivity index (χ1v) is 6.57. The number of hydrazine groups is 1. The van der Waals surface area contributed by atoms with E-state index < -0.39 is 0 Å². The summed E-state index contributed by atoms with van der Waals surface area (Å²) in [6.45, 7) is 6.84. The number of nitrogens with two attached hydrogens (primary N) is 1. The van der Waals surface area contributed by atoms with E-state index in [9.17, 15) is 0 Å². The summed E-state index contributed by atoms with van der Waals surface area (Å²) in [7, 11) is 1.77. The van der Waals surface area contributed by atoms with Crippen LogP contribution >= 0.6 is 0 Å². The normalized spacial score (nSPS) is 34.7. The summed E-state index contributed by atoms with van der Waals surface area (Å²) in [5, 5.41) is 0. The summed E-state index contributed by atoms with van der Waals surface area (Å²) in [6.07, 6.45) is 5.24. The maximum Gasteiger partial charge on any atom is 0.0558 e. The van der Waals surface area contributed by atoms with Crippen molar-refractivity contribution in [1.82, 2.24) is 5.43 Å². The van der Waals surface area contributed by atoms with E-state index in [1.165, 1.54) is 19.3 Å². The lowest BCUT2D eigenvalue weighted by Crippen LogP contribution is -2.45. The van der Waals surface area contributed by atoms with E-state index in [0.29, 0.717) is 12.0 Å². The van der Waals surface area contributed by atoms with Crippen LogP contribution in [0, 0.1) is 17.8 Å². The van der Waals surface area contributed by atoms with Gasteiger partial charge in [0.2, 0.25) is 0 Å². The first-order chi connectivity index (χ1) is 7.58. The van der Waals surface area contributed by atoms with E-state index in [4.69, 9.17) is 10.6 Å². The Morgan fingerprint density at radius 2 is 2.00 bits per heavy atom. The molecule has 3 nitrogen and oxygen atoms in total. The highest BCUT2D eigenvalue weighted by atomic mass is 16.5. The van der Waals surface area contributed by atoms with Crippen molar-refractivity contribution in [2.75, 3.05) is 7.11 Å². The van der Waals surface area contributed by atoms with Gasteiger partial charge in [-0.2, -0.15) is 0 Å². The molecule has 1 fully saturated rings. The lowest BCUT2D eigenvalue weighted by Gasteiger charge is -2.37. The van der Waals surface area contributed by atoms with Crippen molar-refractivity contribution in [3.8, 4) is 0 Å². The van der Waals surface area contributed by atoms with Gasteiger partial charge in [0.25, 0.3) is 0 Å². The van der Waals surface area contributed by atoms with Gasteiger partial charge in [0.1, 0.15) is 0 Å². The van der Waals surface area contributed by atoms with Crippen molar-refractivity contribution in [3.63, 3.8) is 0 Å². The molecular formula is C13H28N2O. The van der Waals surface area contributed by atoms with Crippen molar-refractivity contribution in [2.24, 2.45) is 23.6 Å². The van der Waals surface area contributed by atoms with Gasteiger partial charge >= 0.3 is 0 Å². The molecule has 0 radical (unpaired) electrons. The summed E-state index contributed by atoms with van der Waals surface area (Å²) in [6, 6.07) is 0.407. The van der Waals surface area contributed by atoms with Crippen LogP contribution in [0.2, 0.25) is 0 Å². The lowest BCUT2D eigenvalue weighted by molar-refractivity contribution is 0.0787. The van der Waals surface area contributed by atoms with E-state index in [2.05, 4.69) is 26.2 Å². The van der Waals surface area contributed by atoms with Crippen molar-refractivity contribution in [2.45, 2.75) is 58.6 Å². The third-order valence-electron chi connectivity index (χ3n) is 4.41. The maximum atomic E-state index is 5.68. The minimum atomic E-state index is 0.288. The molecule has 1 aliphatic carbocycles. The fraction of sp³-hybridized carbons (Fsp3) is 1.00. The Bertz CT molecular complexity index is 196. The second-order valence-corrected chi connectivity index (χ2v) is 5.58. The van der Waals surface area contributed by atoms with Gasteiger partial charge in [-0.1, -0.05) is 20.3 Å². The Labute approximate surface area is 100 Å². The van der Waals surface area contributed by atoms with Gasteiger partial charge < -0.3 is 4.74 Å². The summed E-state index contributed by atoms with van der Waals surface area (Å²) in [5.74, 6) is 8.09. The van der Waals surface area contributed by atoms with Crippen molar-refractivity contribution in [1.29, 1.82) is 0 Å². The molecule has 0 aromatic rings. The topological polar surface area (TPSA) is 47.3 Å². The number of hydrogen-bond acceptors (Lipinski definition) is 3. The van der Waals surface area contributed by atoms with Crippen LogP contribution in [0.4, 0.5) is 0 Å². The highest BCUT2D eigenvalue weighted by molar-refractivity contribution is 4.83. The van der Waals surface area contributed by atoms with Gasteiger partial charge in [-0.15, -0.1) is 0 Å². The molecule has 0 aromatic heterocycles. The van der Waals surface area contributed by atoms with Crippen molar-refractivity contribution < 1.29 is 4.74 Å². The molecule has 0 heterocycles. The van der Waals surface area contributed by atoms with Gasteiger partial charge in [-0.05, 0) is 43.9 Å². The number of hydrogen-bond donors (Lipinski definition) is 2. The molecule has 0 amide bonds. The van der Waals surface area contributed by atoms with Gasteiger partial charge in [0.15, 0.2) is 0 Å². The number of ether oxygens (including phenoxy) is 1. The average Bonchev–Trinajstić information content (AvgIpc) is 2.29. The van der Waals surface area contributed by atoms with Crippen LogP contribution in [-0.4, -0.2) is 19.3 Å². The van der Waals surface area contributed by atoms with Crippen LogP contribution in [0.15, 0.2) is 0 Å². The molecule has 0 bridgehead atoms. The van der Waals surface area contributed by atoms with E-state index >= 15 is 0 Å². The maximum absolute atomic E-state index is 5.68. The number of methoxy groups -OCH3 is 1. The smallest absolute Gasteiger partial charge is 0.0558 e. The second-order valence-electron chi connectivity index (χ2n) is 5.58. The summed E-state index contributed by atoms with van der Waals surface area (Å²) in [5.41, 5.74) is 2.99. The lowest BCUT2D eigenvalue weighted by atomic mass is 9.72. The molecule has 5 atom stereocenters. The predicted octanol–water partition coefficient (Wildman–Crippen LogP) is 2.32. The highest BCUT2D eigenvalue weighted by Gasteiger charge is 2.30. The number of rotatable bonds is 5. The van der Waals surface area contributed by atoms with E-state index in [0.717, 1.165) is 18.3 Å². The van der Waals surface area contributed by atoms with Gasteiger partial charge in [-0.3, -0.25) is 11.3 Å². The molecule has 3 heteroatoms. The van der Waals surface area contributed by atoms with Crippen LogP contribution in [0.1, 0.15) is 46.5 Å². The molecule has 0 aromatic carbocycles. The largest absolute Gasteiger partial charge is 0.382 e. The van der Waals surface area contributed by atoms with Crippen molar-refractivity contribution in [3.05, 3.63) is 0 Å². The van der Waals surface area contributed by atoms with Crippen LogP contribution in [0.3, 0.4) is 0 Å². The molecule has 16 heavy (non-hydrogen) atoms. The van der Waals surface area contributed by atoms with Gasteiger partial charge in [-0.25, -0.2) is 0 Å². The van der Waals surface area contributed by atoms with E-state index in [-0.39, 0.29) is 6.10 Å². The first kappa shape index (κ1) is 13.9. The standard InChI is InChI=1S/C13H28N2O/c1-9-5-6-12(7-10(9)2)13(15-14)8-11(3)16-4/h9-13,15H,5-8,14H2,1-4H3. The molecular weight excluding hydrogens is 200 g/mol. The van der Waals surface area contributed by atoms with Crippen LogP contribution in [0.5, 0.6) is 0 Å². The molecule has 1 aliphatic rings. The zero-order chi connectivity index (χ0) is 12.1. The summed E-state index contributed by atoms with van der Waals surface area (Å²) >= 11 is 0. The van der Waals surface area contributed by atoms with E-state index in [1.54, 1.807) is 7.11 Å². The zero-order valence-electron chi connectivity index (χ0n) is 11.2. The molecule has 3 N–H and O–H groups in total. The Morgan fingerprint density at radius 1 is 1.31 bits per heavy atom. The third-order valence-corrected chi connectivity index (χ3v) is 4.41. The predicted molar refractivity (Wildman–Crippen MR) is 67.9 cm³/mol. The minimum absolute atomic E-state index is 0.288. The Hall–Kier alpha value is -0.120. The Kier molecular flexibility index (Phi) is 5.73. The molecule has 0 saturated heterocycles. The Morgan fingerprint density at radius 3 is 2.50 bits per heavy atom. The third kappa shape index (κ3) is 3.72. The fourth-order valence-corrected chi connectivity index (χ4v) is 2.81. The fourth-order valence-electron chi connectivity index (χ4n) is 2.81. The average molecular weight is 228 g/mol. The Balaban J connectivity index is 2.47. The minimum Gasteiger partial charge on any atom is -0.382 e. The molecule has 0 aliphatic heterocycles. The van der Waals surface area contributed by atoms with Crippen molar-refractivity contribution >= 4 is 0 Å². The van der Waals surface area contributed by atoms with E-state index in [1.807, 2.05) is 0 Å². The quantitative estimate of drug-likeness (QED) is 0.561. The highest BCUT2D eigenvalue weighted by Crippen LogP contribution is 2.35. The van der Waals surface area contributed by atoms with Gasteiger partial charge in [0, 0.05) is 13.2 Å². The molecule has 0 spiro atoms. The van der Waals surface area contributed by atoms with Crippen LogP contribution < -0.4 is 11.3 Å². The summed E-state index contributed by atoms with van der Waals surface area (Å²) < 4.78 is 5.33. The monoisotopic (exact) mass is 228 g/mol.